The van der Waals surface area contributed by atoms with Crippen LogP contribution in [-0.4, -0.2) is 47.4 Å². The van der Waals surface area contributed by atoms with E-state index in [-0.39, 0.29) is 12.1 Å². The van der Waals surface area contributed by atoms with Crippen molar-refractivity contribution in [3.63, 3.8) is 0 Å². The van der Waals surface area contributed by atoms with E-state index in [2.05, 4.69) is 4.98 Å². The number of rotatable bonds is 3. The van der Waals surface area contributed by atoms with Crippen LogP contribution in [-0.2, 0) is 11.0 Å². The van der Waals surface area contributed by atoms with E-state index < -0.39 is 46.1 Å². The number of alkyl halides is 3. The average Bonchev–Trinajstić information content (AvgIpc) is 3.18. The summed E-state index contributed by atoms with van der Waals surface area (Å²) in [5.41, 5.74) is 4.07. The molecule has 1 unspecified atom stereocenters. The minimum Gasteiger partial charge on any atom is -0.371 e. The quantitative estimate of drug-likeness (QED) is 0.689. The number of carbonyl (C=O) groups is 2. The van der Waals surface area contributed by atoms with Gasteiger partial charge in [0.05, 0.1) is 17.2 Å². The fourth-order valence-electron chi connectivity index (χ4n) is 5.08. The van der Waals surface area contributed by atoms with Crippen LogP contribution >= 0.6 is 0 Å². The van der Waals surface area contributed by atoms with Crippen LogP contribution in [0.2, 0.25) is 0 Å². The third-order valence-corrected chi connectivity index (χ3v) is 7.00. The van der Waals surface area contributed by atoms with E-state index in [0.29, 0.717) is 43.7 Å². The number of nitriles is 1. The molecule has 0 radical (unpaired) electrons. The van der Waals surface area contributed by atoms with E-state index >= 15 is 0 Å². The maximum Gasteiger partial charge on any atom is 0.417 e. The van der Waals surface area contributed by atoms with Crippen LogP contribution in [0.25, 0.3) is 0 Å². The van der Waals surface area contributed by atoms with Gasteiger partial charge in [0.15, 0.2) is 0 Å². The van der Waals surface area contributed by atoms with Gasteiger partial charge in [-0.05, 0) is 61.9 Å². The molecule has 2 amide bonds. The molecule has 2 aliphatic heterocycles. The molecule has 1 aromatic heterocycles. The Hall–Kier alpha value is -3.81. The van der Waals surface area contributed by atoms with E-state index in [0.717, 1.165) is 6.07 Å². The van der Waals surface area contributed by atoms with Crippen molar-refractivity contribution in [3.05, 3.63) is 63.1 Å². The molecule has 8 nitrogen and oxygen atoms in total. The SMILES string of the molecule is Cc1ccc(C(=O)N2CC3(CCN(c4ccc(C#N)c(C(F)(F)F)c4)CC3)CC2C(N)=O)c(=O)[nH]1. The zero-order valence-electron chi connectivity index (χ0n) is 19.0. The average molecular weight is 487 g/mol. The third kappa shape index (κ3) is 4.60. The molecule has 2 aliphatic rings. The highest BCUT2D eigenvalue weighted by Crippen LogP contribution is 2.45. The number of aryl methyl sites for hydroxylation is 1. The van der Waals surface area contributed by atoms with Crippen LogP contribution < -0.4 is 16.2 Å². The van der Waals surface area contributed by atoms with Gasteiger partial charge in [-0.3, -0.25) is 14.4 Å². The smallest absolute Gasteiger partial charge is 0.371 e. The first-order valence-electron chi connectivity index (χ1n) is 11.1. The Bertz CT molecular complexity index is 1270. The summed E-state index contributed by atoms with van der Waals surface area (Å²) in [4.78, 5) is 43.4. The number of H-pyrrole nitrogens is 1. The summed E-state index contributed by atoms with van der Waals surface area (Å²) in [6.07, 6.45) is -3.28. The van der Waals surface area contributed by atoms with Gasteiger partial charge in [-0.25, -0.2) is 0 Å². The van der Waals surface area contributed by atoms with Gasteiger partial charge < -0.3 is 20.5 Å². The lowest BCUT2D eigenvalue weighted by molar-refractivity contribution is -0.137. The molecule has 1 aromatic carbocycles. The molecule has 11 heteroatoms. The van der Waals surface area contributed by atoms with E-state index in [1.807, 2.05) is 0 Å². The predicted molar refractivity (Wildman–Crippen MR) is 120 cm³/mol. The number of pyridine rings is 1. The van der Waals surface area contributed by atoms with Gasteiger partial charge in [0.2, 0.25) is 5.91 Å². The number of carbonyl (C=O) groups excluding carboxylic acids is 2. The molecule has 3 heterocycles. The number of halogens is 3. The molecule has 2 saturated heterocycles. The van der Waals surface area contributed by atoms with Crippen LogP contribution in [0.15, 0.2) is 35.1 Å². The molecular formula is C24H24F3N5O3. The monoisotopic (exact) mass is 487 g/mol. The Morgan fingerprint density at radius 3 is 2.46 bits per heavy atom. The minimum atomic E-state index is -4.65. The molecule has 3 N–H and O–H groups in total. The Labute approximate surface area is 199 Å². The van der Waals surface area contributed by atoms with Crippen molar-refractivity contribution in [1.29, 1.82) is 5.26 Å². The fraction of sp³-hybridized carbons (Fsp3) is 0.417. The van der Waals surface area contributed by atoms with E-state index in [1.54, 1.807) is 24.0 Å². The standard InChI is InChI=1S/C24H24F3N5O3/c1-14-2-5-17(21(34)30-14)22(35)32-13-23(11-19(32)20(29)33)6-8-31(9-7-23)16-4-3-15(12-28)18(10-16)24(25,26)27/h2-5,10,19H,6-9,11,13H2,1H3,(H2,29,33)(H,30,34). The number of hydrogen-bond acceptors (Lipinski definition) is 5. The number of aromatic amines is 1. The number of likely N-dealkylation sites (tertiary alicyclic amines) is 1. The van der Waals surface area contributed by atoms with E-state index in [4.69, 9.17) is 11.0 Å². The molecule has 2 aromatic rings. The number of aromatic nitrogens is 1. The maximum atomic E-state index is 13.4. The van der Waals surface area contributed by atoms with Crippen molar-refractivity contribution in [2.24, 2.45) is 11.1 Å². The summed E-state index contributed by atoms with van der Waals surface area (Å²) in [5, 5.41) is 9.02. The number of primary amides is 1. The second kappa shape index (κ2) is 8.76. The molecule has 0 bridgehead atoms. The van der Waals surface area contributed by atoms with Crippen molar-refractivity contribution in [3.8, 4) is 6.07 Å². The Balaban J connectivity index is 1.54. The summed E-state index contributed by atoms with van der Waals surface area (Å²) in [7, 11) is 0. The summed E-state index contributed by atoms with van der Waals surface area (Å²) in [6.45, 7) is 2.72. The highest BCUT2D eigenvalue weighted by molar-refractivity contribution is 5.97. The topological polar surface area (TPSA) is 123 Å². The molecule has 2 fully saturated rings. The molecule has 35 heavy (non-hydrogen) atoms. The van der Waals surface area contributed by atoms with Crippen molar-refractivity contribution < 1.29 is 22.8 Å². The molecule has 0 saturated carbocycles. The number of anilines is 1. The Morgan fingerprint density at radius 2 is 1.89 bits per heavy atom. The van der Waals surface area contributed by atoms with Crippen LogP contribution in [0.1, 0.15) is 46.4 Å². The number of nitrogens with two attached hydrogens (primary N) is 1. The third-order valence-electron chi connectivity index (χ3n) is 7.00. The molecular weight excluding hydrogens is 463 g/mol. The lowest BCUT2D eigenvalue weighted by Crippen LogP contribution is -2.45. The van der Waals surface area contributed by atoms with Crippen molar-refractivity contribution in [2.75, 3.05) is 24.5 Å². The number of hydrogen-bond donors (Lipinski definition) is 2. The van der Waals surface area contributed by atoms with Gasteiger partial charge >= 0.3 is 6.18 Å². The van der Waals surface area contributed by atoms with Crippen molar-refractivity contribution in [1.82, 2.24) is 9.88 Å². The zero-order chi connectivity index (χ0) is 25.5. The zero-order valence-corrected chi connectivity index (χ0v) is 19.0. The molecule has 1 atom stereocenters. The van der Waals surface area contributed by atoms with Gasteiger partial charge in [0, 0.05) is 31.0 Å². The second-order valence-electron chi connectivity index (χ2n) is 9.27. The minimum absolute atomic E-state index is 0.0754. The normalized spacial score (nSPS) is 19.6. The van der Waals surface area contributed by atoms with Gasteiger partial charge in [0.1, 0.15) is 11.6 Å². The largest absolute Gasteiger partial charge is 0.417 e. The van der Waals surface area contributed by atoms with Crippen molar-refractivity contribution in [2.45, 2.75) is 38.4 Å². The lowest BCUT2D eigenvalue weighted by atomic mass is 9.76. The van der Waals surface area contributed by atoms with Crippen LogP contribution in [0.5, 0.6) is 0 Å². The van der Waals surface area contributed by atoms with Gasteiger partial charge in [-0.15, -0.1) is 0 Å². The molecule has 0 aliphatic carbocycles. The summed E-state index contributed by atoms with van der Waals surface area (Å²) in [6, 6.07) is 7.37. The number of amides is 2. The fourth-order valence-corrected chi connectivity index (χ4v) is 5.08. The Morgan fingerprint density at radius 1 is 1.20 bits per heavy atom. The van der Waals surface area contributed by atoms with Gasteiger partial charge in [-0.2, -0.15) is 18.4 Å². The molecule has 1 spiro atoms. The number of nitrogens with one attached hydrogen (secondary N) is 1. The van der Waals surface area contributed by atoms with Crippen LogP contribution in [0.4, 0.5) is 18.9 Å². The first kappa shape index (κ1) is 24.3. The lowest BCUT2D eigenvalue weighted by Gasteiger charge is -2.40. The second-order valence-corrected chi connectivity index (χ2v) is 9.27. The van der Waals surface area contributed by atoms with Gasteiger partial charge in [-0.1, -0.05) is 0 Å². The summed E-state index contributed by atoms with van der Waals surface area (Å²) in [5.74, 6) is -1.24. The summed E-state index contributed by atoms with van der Waals surface area (Å²) >= 11 is 0. The van der Waals surface area contributed by atoms with Gasteiger partial charge in [0.25, 0.3) is 11.5 Å². The first-order valence-corrected chi connectivity index (χ1v) is 11.1. The first-order chi connectivity index (χ1) is 16.4. The van der Waals surface area contributed by atoms with E-state index in [9.17, 15) is 27.6 Å². The number of piperidine rings is 1. The predicted octanol–water partition coefficient (Wildman–Crippen LogP) is 2.56. The van der Waals surface area contributed by atoms with Crippen molar-refractivity contribution >= 4 is 17.5 Å². The Kier molecular flexibility index (Phi) is 6.09. The molecule has 184 valence electrons. The highest BCUT2D eigenvalue weighted by atomic mass is 19.4. The molecule has 4 rings (SSSR count). The summed E-state index contributed by atoms with van der Waals surface area (Å²) < 4.78 is 40.1. The number of benzene rings is 1. The highest BCUT2D eigenvalue weighted by Gasteiger charge is 2.49. The maximum absolute atomic E-state index is 13.4. The van der Waals surface area contributed by atoms with E-state index in [1.165, 1.54) is 23.1 Å². The van der Waals surface area contributed by atoms with Crippen LogP contribution in [0.3, 0.4) is 0 Å². The number of nitrogens with zero attached hydrogens (tertiary/aromatic N) is 3. The van der Waals surface area contributed by atoms with Crippen LogP contribution in [0, 0.1) is 23.7 Å².